The number of methoxy groups -OCH3 is 1. The third-order valence-electron chi connectivity index (χ3n) is 5.70. The van der Waals surface area contributed by atoms with Gasteiger partial charge in [-0.05, 0) is 23.8 Å². The quantitative estimate of drug-likeness (QED) is 0.518. The van der Waals surface area contributed by atoms with E-state index in [0.717, 1.165) is 23.4 Å². The van der Waals surface area contributed by atoms with E-state index in [0.29, 0.717) is 40.2 Å². The van der Waals surface area contributed by atoms with Crippen LogP contribution in [0.3, 0.4) is 0 Å². The van der Waals surface area contributed by atoms with Crippen molar-refractivity contribution in [1.29, 1.82) is 0 Å². The van der Waals surface area contributed by atoms with E-state index in [9.17, 15) is 9.59 Å². The molecule has 1 atom stereocenters. The van der Waals surface area contributed by atoms with Gasteiger partial charge in [-0.25, -0.2) is 4.98 Å². The zero-order valence-corrected chi connectivity index (χ0v) is 19.5. The number of fused-ring (bicyclic) bond motifs is 1. The summed E-state index contributed by atoms with van der Waals surface area (Å²) in [6, 6.07) is 7.59. The molecule has 1 aromatic heterocycles. The Balaban J connectivity index is 1.92. The van der Waals surface area contributed by atoms with Crippen molar-refractivity contribution in [3.63, 3.8) is 0 Å². The van der Waals surface area contributed by atoms with E-state index >= 15 is 0 Å². The molecule has 7 heteroatoms. The summed E-state index contributed by atoms with van der Waals surface area (Å²) in [5.41, 5.74) is 2.44. The smallest absolute Gasteiger partial charge is 0.257 e. The number of anilines is 1. The van der Waals surface area contributed by atoms with Gasteiger partial charge < -0.3 is 15.0 Å². The number of nitrogens with one attached hydrogen (secondary N) is 2. The number of carbonyl (C=O) groups is 1. The van der Waals surface area contributed by atoms with Crippen molar-refractivity contribution in [1.82, 2.24) is 9.97 Å². The molecule has 1 aliphatic carbocycles. The van der Waals surface area contributed by atoms with Crippen LogP contribution in [0.4, 0.5) is 5.82 Å². The third-order valence-corrected chi connectivity index (χ3v) is 7.00. The van der Waals surface area contributed by atoms with Crippen LogP contribution in [0.1, 0.15) is 57.6 Å². The van der Waals surface area contributed by atoms with Crippen molar-refractivity contribution in [3.8, 4) is 5.75 Å². The van der Waals surface area contributed by atoms with E-state index in [1.165, 1.54) is 11.8 Å². The summed E-state index contributed by atoms with van der Waals surface area (Å²) >= 11 is 1.54. The second-order valence-corrected chi connectivity index (χ2v) is 10.5. The molecular weight excluding hydrogens is 410 g/mol. The third kappa shape index (κ3) is 4.15. The standard InChI is InChI=1S/C24H29N3O3S/c1-13(2)12-31-23-26-21-20(22(29)27-23)18(14-8-6-7-9-17(14)30-5)19-15(25-21)10-24(3,4)11-16(19)28/h6-9,13,18H,10-12H2,1-5H3,(H2,25,26,27,29). The van der Waals surface area contributed by atoms with Gasteiger partial charge in [0.2, 0.25) is 0 Å². The van der Waals surface area contributed by atoms with Crippen LogP contribution in [0, 0.1) is 11.3 Å². The number of hydrogen-bond donors (Lipinski definition) is 2. The number of benzene rings is 1. The number of H-pyrrole nitrogens is 1. The van der Waals surface area contributed by atoms with Gasteiger partial charge in [-0.2, -0.15) is 0 Å². The van der Waals surface area contributed by atoms with Crippen LogP contribution in [-0.2, 0) is 4.79 Å². The summed E-state index contributed by atoms with van der Waals surface area (Å²) in [6.45, 7) is 8.46. The summed E-state index contributed by atoms with van der Waals surface area (Å²) in [5.74, 6) is 2.09. The van der Waals surface area contributed by atoms with Gasteiger partial charge >= 0.3 is 0 Å². The number of nitrogens with zero attached hydrogens (tertiary/aromatic N) is 1. The first-order valence-corrected chi connectivity index (χ1v) is 11.6. The molecule has 0 saturated heterocycles. The molecule has 0 fully saturated rings. The molecule has 164 valence electrons. The van der Waals surface area contributed by atoms with Crippen LogP contribution < -0.4 is 15.6 Å². The van der Waals surface area contributed by atoms with E-state index in [-0.39, 0.29) is 16.8 Å². The SMILES string of the molecule is COc1ccccc1C1C2=C(CC(C)(C)CC2=O)Nc2nc(SCC(C)C)[nH]c(=O)c21. The number of allylic oxidation sites excluding steroid dienone is 2. The van der Waals surface area contributed by atoms with Crippen LogP contribution in [0.2, 0.25) is 0 Å². The summed E-state index contributed by atoms with van der Waals surface area (Å²) in [4.78, 5) is 34.3. The largest absolute Gasteiger partial charge is 0.496 e. The van der Waals surface area contributed by atoms with Gasteiger partial charge in [0.25, 0.3) is 5.56 Å². The van der Waals surface area contributed by atoms with Crippen LogP contribution in [0.25, 0.3) is 0 Å². The lowest BCUT2D eigenvalue weighted by Crippen LogP contribution is -2.37. The van der Waals surface area contributed by atoms with Gasteiger partial charge in [0, 0.05) is 29.0 Å². The van der Waals surface area contributed by atoms with Crippen molar-refractivity contribution < 1.29 is 9.53 Å². The van der Waals surface area contributed by atoms with E-state index in [1.54, 1.807) is 7.11 Å². The fourth-order valence-corrected chi connectivity index (χ4v) is 5.24. The minimum atomic E-state index is -0.508. The average Bonchev–Trinajstić information content (AvgIpc) is 2.69. The molecule has 1 unspecified atom stereocenters. The molecule has 0 amide bonds. The number of Topliss-reactive ketones (excluding diaryl/α,β-unsaturated/α-hetero) is 1. The molecule has 6 nitrogen and oxygen atoms in total. The monoisotopic (exact) mass is 439 g/mol. The summed E-state index contributed by atoms with van der Waals surface area (Å²) < 4.78 is 5.61. The molecule has 2 aliphatic rings. The number of carbonyl (C=O) groups excluding carboxylic acids is 1. The predicted molar refractivity (Wildman–Crippen MR) is 124 cm³/mol. The summed E-state index contributed by atoms with van der Waals surface area (Å²) in [5, 5.41) is 3.96. The van der Waals surface area contributed by atoms with Crippen molar-refractivity contribution in [2.24, 2.45) is 11.3 Å². The van der Waals surface area contributed by atoms with Gasteiger partial charge in [-0.15, -0.1) is 0 Å². The highest BCUT2D eigenvalue weighted by molar-refractivity contribution is 7.99. The molecule has 0 saturated carbocycles. The summed E-state index contributed by atoms with van der Waals surface area (Å²) in [6.07, 6.45) is 1.17. The van der Waals surface area contributed by atoms with E-state index in [1.807, 2.05) is 24.3 Å². The van der Waals surface area contributed by atoms with Gasteiger partial charge in [0.1, 0.15) is 11.6 Å². The Bertz CT molecular complexity index is 1120. The number of para-hydroxylation sites is 1. The lowest BCUT2D eigenvalue weighted by molar-refractivity contribution is -0.118. The van der Waals surface area contributed by atoms with E-state index in [2.05, 4.69) is 38.0 Å². The van der Waals surface area contributed by atoms with Gasteiger partial charge in [-0.3, -0.25) is 9.59 Å². The maximum Gasteiger partial charge on any atom is 0.257 e. The Labute approximate surface area is 186 Å². The Kier molecular flexibility index (Phi) is 5.73. The Morgan fingerprint density at radius 1 is 1.23 bits per heavy atom. The minimum absolute atomic E-state index is 0.0676. The van der Waals surface area contributed by atoms with E-state index in [4.69, 9.17) is 9.72 Å². The van der Waals surface area contributed by atoms with Crippen molar-refractivity contribution >= 4 is 23.4 Å². The van der Waals surface area contributed by atoms with E-state index < -0.39 is 5.92 Å². The topological polar surface area (TPSA) is 84.1 Å². The predicted octanol–water partition coefficient (Wildman–Crippen LogP) is 4.73. The molecule has 2 heterocycles. The second-order valence-electron chi connectivity index (χ2n) is 9.47. The van der Waals surface area contributed by atoms with Crippen LogP contribution >= 0.6 is 11.8 Å². The Morgan fingerprint density at radius 2 is 1.97 bits per heavy atom. The Morgan fingerprint density at radius 3 is 2.68 bits per heavy atom. The highest BCUT2D eigenvalue weighted by Crippen LogP contribution is 2.49. The fraction of sp³-hybridized carbons (Fsp3) is 0.458. The van der Waals surface area contributed by atoms with Crippen LogP contribution in [0.15, 0.2) is 45.5 Å². The summed E-state index contributed by atoms with van der Waals surface area (Å²) in [7, 11) is 1.61. The highest BCUT2D eigenvalue weighted by atomic mass is 32.2. The maximum atomic E-state index is 13.3. The highest BCUT2D eigenvalue weighted by Gasteiger charge is 2.43. The van der Waals surface area contributed by atoms with Crippen molar-refractivity contribution in [2.75, 3.05) is 18.2 Å². The minimum Gasteiger partial charge on any atom is -0.496 e. The number of hydrogen-bond acceptors (Lipinski definition) is 6. The number of rotatable bonds is 5. The van der Waals surface area contributed by atoms with Gasteiger partial charge in [0.05, 0.1) is 18.6 Å². The lowest BCUT2D eigenvalue weighted by atomic mass is 9.69. The average molecular weight is 440 g/mol. The zero-order valence-electron chi connectivity index (χ0n) is 18.7. The van der Waals surface area contributed by atoms with Gasteiger partial charge in [-0.1, -0.05) is 57.7 Å². The first-order chi connectivity index (χ1) is 14.7. The first kappa shape index (κ1) is 21.7. The number of aromatic amines is 1. The lowest BCUT2D eigenvalue weighted by Gasteiger charge is -2.38. The normalized spacial score (nSPS) is 19.7. The molecule has 0 spiro atoms. The maximum absolute atomic E-state index is 13.3. The number of ketones is 1. The Hall–Kier alpha value is -2.54. The van der Waals surface area contributed by atoms with Crippen LogP contribution in [-0.4, -0.2) is 28.6 Å². The molecule has 4 rings (SSSR count). The molecule has 31 heavy (non-hydrogen) atoms. The molecule has 2 N–H and O–H groups in total. The number of thioether (sulfide) groups is 1. The second kappa shape index (κ2) is 8.19. The number of aromatic nitrogens is 2. The van der Waals surface area contributed by atoms with Gasteiger partial charge in [0.15, 0.2) is 10.9 Å². The molecule has 2 aromatic rings. The molecule has 1 aliphatic heterocycles. The molecule has 1 aromatic carbocycles. The van der Waals surface area contributed by atoms with Crippen molar-refractivity contribution in [3.05, 3.63) is 57.0 Å². The first-order valence-electron chi connectivity index (χ1n) is 10.6. The zero-order chi connectivity index (χ0) is 22.3. The molecule has 0 radical (unpaired) electrons. The molecule has 0 bridgehead atoms. The number of ether oxygens (including phenoxy) is 1. The van der Waals surface area contributed by atoms with Crippen LogP contribution in [0.5, 0.6) is 5.75 Å². The molecular formula is C24H29N3O3S. The van der Waals surface area contributed by atoms with Crippen molar-refractivity contribution in [2.45, 2.75) is 51.6 Å². The fourth-order valence-electron chi connectivity index (χ4n) is 4.42.